The molecule has 0 heterocycles. The minimum atomic E-state index is -3.67. The van der Waals surface area contributed by atoms with Crippen LogP contribution in [0.3, 0.4) is 0 Å². The Morgan fingerprint density at radius 1 is 1.00 bits per heavy atom. The van der Waals surface area contributed by atoms with Crippen LogP contribution in [-0.4, -0.2) is 26.5 Å². The molecule has 0 aliphatic carbocycles. The van der Waals surface area contributed by atoms with E-state index < -0.39 is 6.68 Å². The molecule has 0 atom stereocenters. The van der Waals surface area contributed by atoms with Gasteiger partial charge in [0.05, 0.1) is 0 Å². The molecule has 0 saturated carbocycles. The van der Waals surface area contributed by atoms with E-state index >= 15 is 0 Å². The van der Waals surface area contributed by atoms with Crippen LogP contribution in [0, 0.1) is 0 Å². The molecule has 0 rings (SSSR count). The van der Waals surface area contributed by atoms with Gasteiger partial charge >= 0.3 is 26.5 Å². The number of hydrogen-bond donors (Lipinski definition) is 0. The zero-order valence-corrected chi connectivity index (χ0v) is 3.21. The molecule has 0 aromatic rings. The van der Waals surface area contributed by atoms with Crippen molar-refractivity contribution in [2.45, 2.75) is 6.68 Å². The Morgan fingerprint density at radius 3 is 1.00 bits per heavy atom. The number of hydrogen-bond acceptors (Lipinski definition) is 0. The third-order valence-corrected chi connectivity index (χ3v) is 0. The molecule has 0 unspecified atom stereocenters. The van der Waals surface area contributed by atoms with Gasteiger partial charge in [-0.15, -0.1) is 0 Å². The molecule has 40 valence electrons. The summed E-state index contributed by atoms with van der Waals surface area (Å²) in [5, 5.41) is 0. The van der Waals surface area contributed by atoms with Gasteiger partial charge in [0.15, 0.2) is 0 Å². The first-order chi connectivity index (χ1) is 1.73. The number of alkyl halides is 3. The summed E-state index contributed by atoms with van der Waals surface area (Å²) in [4.78, 5) is 0. The summed E-state index contributed by atoms with van der Waals surface area (Å²) in [6.07, 6.45) is 0. The van der Waals surface area contributed by atoms with Crippen LogP contribution in [0.2, 0.25) is 0 Å². The number of rotatable bonds is 0. The maximum atomic E-state index is 9.67. The predicted molar refractivity (Wildman–Crippen MR) is 27.4 cm³/mol. The monoisotopic (exact) mass is 176 g/mol. The fraction of sp³-hybridized carbons (Fsp3) is 1.00. The van der Waals surface area contributed by atoms with E-state index in [1.54, 1.807) is 0 Å². The third-order valence-electron chi connectivity index (χ3n) is 0. The minimum absolute atomic E-state index is 0. The van der Waals surface area contributed by atoms with Crippen molar-refractivity contribution < 1.29 is 13.2 Å². The molecule has 0 aliphatic heterocycles. The van der Waals surface area contributed by atoms with Crippen LogP contribution in [-0.2, 0) is 0 Å². The average Bonchev–Trinajstić information content (AvgIpc) is 0.811. The zero-order chi connectivity index (χ0) is 3.58. The standard InChI is InChI=1S/CHF3.Ga.H2S.3H/c2-1(3)4;;;;;/h1H;;1H2;;;. The van der Waals surface area contributed by atoms with Crippen molar-refractivity contribution in [2.75, 3.05) is 0 Å². The van der Waals surface area contributed by atoms with Gasteiger partial charge in [0.1, 0.15) is 0 Å². The van der Waals surface area contributed by atoms with Crippen molar-refractivity contribution in [3.63, 3.8) is 0 Å². The molecule has 0 N–H and O–H groups in total. The molecule has 0 fully saturated rings. The van der Waals surface area contributed by atoms with E-state index in [0.29, 0.717) is 0 Å². The molecule has 0 aromatic heterocycles. The second-order valence-corrected chi connectivity index (χ2v) is 0.247. The van der Waals surface area contributed by atoms with Gasteiger partial charge in [-0.25, -0.2) is 0 Å². The van der Waals surface area contributed by atoms with Crippen LogP contribution in [0.4, 0.5) is 13.2 Å². The van der Waals surface area contributed by atoms with Crippen LogP contribution < -0.4 is 0 Å². The van der Waals surface area contributed by atoms with E-state index in [9.17, 15) is 13.2 Å². The molecule has 0 aromatic carbocycles. The Labute approximate surface area is 53.6 Å². The molecule has 0 amide bonds. The Balaban J connectivity index is -0.0000000450. The van der Waals surface area contributed by atoms with Crippen molar-refractivity contribution in [2.24, 2.45) is 0 Å². The molecule has 0 bridgehead atoms. The first-order valence-corrected chi connectivity index (χ1v) is 0.655. The summed E-state index contributed by atoms with van der Waals surface area (Å²) in [7, 11) is 0. The van der Waals surface area contributed by atoms with Crippen molar-refractivity contribution in [1.82, 2.24) is 0 Å². The van der Waals surface area contributed by atoms with E-state index in [0.717, 1.165) is 0 Å². The zero-order valence-electron chi connectivity index (χ0n) is 2.21. The summed E-state index contributed by atoms with van der Waals surface area (Å²) >= 11 is 0. The van der Waals surface area contributed by atoms with Crippen LogP contribution in [0.5, 0.6) is 0 Å². The van der Waals surface area contributed by atoms with E-state index in [-0.39, 0.29) is 33.3 Å². The molecular weight excluding hydrogens is 171 g/mol. The van der Waals surface area contributed by atoms with E-state index in [1.807, 2.05) is 0 Å². The molecule has 0 radical (unpaired) electrons. The Hall–Kier alpha value is 0.776. The maximum absolute atomic E-state index is 9.67. The van der Waals surface area contributed by atoms with Crippen molar-refractivity contribution in [3.8, 4) is 0 Å². The Morgan fingerprint density at radius 2 is 1.00 bits per heavy atom. The molecule has 0 nitrogen and oxygen atoms in total. The quantitative estimate of drug-likeness (QED) is 0.460. The third kappa shape index (κ3) is 113. The molecule has 5 heteroatoms. The van der Waals surface area contributed by atoms with Gasteiger partial charge in [0, 0.05) is 0 Å². The molecule has 0 spiro atoms. The van der Waals surface area contributed by atoms with Gasteiger partial charge in [0.25, 0.3) is 0 Å². The normalized spacial score (nSPS) is 6.00. The van der Waals surface area contributed by atoms with Crippen LogP contribution >= 0.6 is 13.5 Å². The van der Waals surface area contributed by atoms with Crippen LogP contribution in [0.1, 0.15) is 0 Å². The predicted octanol–water partition coefficient (Wildman–Crippen LogP) is 0.107. The van der Waals surface area contributed by atoms with Gasteiger partial charge in [-0.3, -0.25) is 0 Å². The van der Waals surface area contributed by atoms with Crippen molar-refractivity contribution in [3.05, 3.63) is 0 Å². The van der Waals surface area contributed by atoms with Gasteiger partial charge in [-0.1, -0.05) is 0 Å². The van der Waals surface area contributed by atoms with Crippen molar-refractivity contribution in [1.29, 1.82) is 0 Å². The first-order valence-electron chi connectivity index (χ1n) is 0.655. The van der Waals surface area contributed by atoms with Gasteiger partial charge in [-0.05, 0) is 0 Å². The second kappa shape index (κ2) is 9.24. The summed E-state index contributed by atoms with van der Waals surface area (Å²) in [5.41, 5.74) is 0. The second-order valence-electron chi connectivity index (χ2n) is 0.247. The average molecular weight is 177 g/mol. The molecule has 6 heavy (non-hydrogen) atoms. The van der Waals surface area contributed by atoms with E-state index in [1.165, 1.54) is 0 Å². The van der Waals surface area contributed by atoms with Crippen molar-refractivity contribution >= 4 is 33.3 Å². The Bertz CT molecular complexity index is 15.5. The molecular formula is CH6F3GaS. The molecule has 0 aliphatic rings. The van der Waals surface area contributed by atoms with Crippen LogP contribution in [0.25, 0.3) is 0 Å². The number of halogens is 3. The van der Waals surface area contributed by atoms with E-state index in [4.69, 9.17) is 0 Å². The van der Waals surface area contributed by atoms with E-state index in [2.05, 4.69) is 0 Å². The summed E-state index contributed by atoms with van der Waals surface area (Å²) in [6.45, 7) is -3.67. The fourth-order valence-corrected chi connectivity index (χ4v) is 0. The van der Waals surface area contributed by atoms with Gasteiger partial charge in [0.2, 0.25) is 0 Å². The fourth-order valence-electron chi connectivity index (χ4n) is 0. The SMILES string of the molecule is FC(F)F.S.[GaH3]. The topological polar surface area (TPSA) is 0 Å². The summed E-state index contributed by atoms with van der Waals surface area (Å²) in [5.74, 6) is 0. The van der Waals surface area contributed by atoms with Crippen LogP contribution in [0.15, 0.2) is 0 Å². The molecule has 0 saturated heterocycles. The summed E-state index contributed by atoms with van der Waals surface area (Å²) in [6, 6.07) is 0. The Kier molecular flexibility index (Phi) is 24.4. The van der Waals surface area contributed by atoms with Gasteiger partial charge in [-0.2, -0.15) is 26.7 Å². The summed E-state index contributed by atoms with van der Waals surface area (Å²) < 4.78 is 29.0. The first kappa shape index (κ1) is 15.9. The van der Waals surface area contributed by atoms with Gasteiger partial charge < -0.3 is 0 Å².